The number of esters is 2. The van der Waals surface area contributed by atoms with Gasteiger partial charge in [-0.25, -0.2) is 0 Å². The maximum atomic E-state index is 13.0. The number of hydrogen-bond donors (Lipinski definition) is 0. The van der Waals surface area contributed by atoms with Crippen LogP contribution in [0.2, 0.25) is 0 Å². The van der Waals surface area contributed by atoms with Gasteiger partial charge in [0.2, 0.25) is 0 Å². The summed E-state index contributed by atoms with van der Waals surface area (Å²) in [7, 11) is 5.92. The topological polar surface area (TPSA) is 111 Å². The second-order valence-corrected chi connectivity index (χ2v) is 26.9. The van der Waals surface area contributed by atoms with Gasteiger partial charge in [0.25, 0.3) is 0 Å². The van der Waals surface area contributed by atoms with Crippen molar-refractivity contribution in [3.05, 3.63) is 146 Å². The van der Waals surface area contributed by atoms with Crippen molar-refractivity contribution < 1.29 is 42.9 Å². The van der Waals surface area contributed by atoms with Crippen molar-refractivity contribution in [2.24, 2.45) is 0 Å². The van der Waals surface area contributed by atoms with Crippen LogP contribution in [0.5, 0.6) is 0 Å². The number of allylic oxidation sites excluding steroid dienone is 24. The molecule has 0 fully saturated rings. The number of ether oxygens (including phenoxy) is 4. The van der Waals surface area contributed by atoms with Gasteiger partial charge >= 0.3 is 11.9 Å². The van der Waals surface area contributed by atoms with Crippen LogP contribution in [0.15, 0.2) is 146 Å². The summed E-state index contributed by atoms with van der Waals surface area (Å²) in [5.74, 6) is -2.32. The zero-order chi connectivity index (χ0) is 69.0. The third kappa shape index (κ3) is 76.4. The predicted octanol–water partition coefficient (Wildman–Crippen LogP) is 23.7. The Morgan fingerprint density at radius 2 is 0.600 bits per heavy atom. The smallest absolute Gasteiger partial charge is 0.306 e. The van der Waals surface area contributed by atoms with Crippen LogP contribution in [0.25, 0.3) is 0 Å². The molecule has 0 aliphatic rings. The minimum atomic E-state index is -1.64. The Kier molecular flexibility index (Phi) is 71.1. The van der Waals surface area contributed by atoms with E-state index in [1.54, 1.807) is 0 Å². The molecule has 9 nitrogen and oxygen atoms in total. The fourth-order valence-electron chi connectivity index (χ4n) is 10.7. The molecule has 0 aliphatic carbocycles. The average molecular weight is 1320 g/mol. The normalized spacial score (nSPS) is 13.5. The maximum absolute atomic E-state index is 13.0. The maximum Gasteiger partial charge on any atom is 0.306 e. The quantitative estimate of drug-likeness (QED) is 0.0195. The average Bonchev–Trinajstić information content (AvgIpc) is 3.58. The lowest BCUT2D eigenvalue weighted by Gasteiger charge is -2.26. The number of nitrogens with zero attached hydrogens (tertiary/aromatic N) is 1. The van der Waals surface area contributed by atoms with E-state index in [1.165, 1.54) is 173 Å². The van der Waals surface area contributed by atoms with Crippen LogP contribution in [0.4, 0.5) is 0 Å². The highest BCUT2D eigenvalue weighted by Crippen LogP contribution is 2.18. The number of aliphatic carboxylic acids is 1. The van der Waals surface area contributed by atoms with Crippen molar-refractivity contribution in [3.63, 3.8) is 0 Å². The van der Waals surface area contributed by atoms with E-state index in [0.29, 0.717) is 17.4 Å². The van der Waals surface area contributed by atoms with E-state index in [1.807, 2.05) is 21.1 Å². The fraction of sp³-hybridized carbons (Fsp3) is 0.686. The van der Waals surface area contributed by atoms with E-state index in [-0.39, 0.29) is 38.6 Å². The van der Waals surface area contributed by atoms with Crippen LogP contribution in [0.3, 0.4) is 0 Å². The van der Waals surface area contributed by atoms with E-state index in [2.05, 4.69) is 160 Å². The summed E-state index contributed by atoms with van der Waals surface area (Å²) >= 11 is 0. The largest absolute Gasteiger partial charge is 0.545 e. The van der Waals surface area contributed by atoms with Gasteiger partial charge in [0, 0.05) is 12.8 Å². The number of rotatable bonds is 71. The van der Waals surface area contributed by atoms with Crippen molar-refractivity contribution in [1.82, 2.24) is 0 Å². The summed E-state index contributed by atoms with van der Waals surface area (Å²) in [4.78, 5) is 37.6. The third-order valence-electron chi connectivity index (χ3n) is 16.6. The lowest BCUT2D eigenvalue weighted by molar-refractivity contribution is -0.870. The summed E-state index contributed by atoms with van der Waals surface area (Å²) in [6.07, 6.45) is 107. The highest BCUT2D eigenvalue weighted by molar-refractivity contribution is 5.70. The van der Waals surface area contributed by atoms with Gasteiger partial charge in [-0.15, -0.1) is 0 Å². The van der Waals surface area contributed by atoms with Gasteiger partial charge in [0.05, 0.1) is 40.3 Å². The van der Waals surface area contributed by atoms with Crippen LogP contribution in [0.1, 0.15) is 322 Å². The van der Waals surface area contributed by atoms with Gasteiger partial charge < -0.3 is 33.3 Å². The number of carboxylic acids is 1. The molecule has 0 aromatic heterocycles. The minimum Gasteiger partial charge on any atom is -0.545 e. The molecule has 9 heteroatoms. The highest BCUT2D eigenvalue weighted by atomic mass is 16.7. The van der Waals surface area contributed by atoms with Gasteiger partial charge in [-0.1, -0.05) is 333 Å². The molecular weight excluding hydrogens is 1170 g/mol. The monoisotopic (exact) mass is 1320 g/mol. The molecule has 0 N–H and O–H groups in total. The van der Waals surface area contributed by atoms with Crippen LogP contribution in [-0.2, 0) is 33.3 Å². The summed E-state index contributed by atoms with van der Waals surface area (Å²) in [5.41, 5.74) is 0. The highest BCUT2D eigenvalue weighted by Gasteiger charge is 2.22. The van der Waals surface area contributed by atoms with E-state index >= 15 is 0 Å². The van der Waals surface area contributed by atoms with E-state index in [0.717, 1.165) is 116 Å². The number of quaternary nitrogens is 1. The first-order valence-electron chi connectivity index (χ1n) is 39.0. The van der Waals surface area contributed by atoms with Gasteiger partial charge in [0.1, 0.15) is 13.2 Å². The van der Waals surface area contributed by atoms with Gasteiger partial charge in [-0.2, -0.15) is 0 Å². The molecule has 2 unspecified atom stereocenters. The molecule has 0 amide bonds. The Balaban J connectivity index is 4.13. The summed E-state index contributed by atoms with van der Waals surface area (Å²) < 4.78 is 22.8. The van der Waals surface area contributed by atoms with Crippen LogP contribution < -0.4 is 5.11 Å². The molecule has 2 atom stereocenters. The molecule has 0 heterocycles. The number of carbonyl (C=O) groups is 3. The molecule has 542 valence electrons. The molecule has 0 aromatic carbocycles. The molecule has 0 saturated carbocycles. The Morgan fingerprint density at radius 1 is 0.326 bits per heavy atom. The Bertz CT molecular complexity index is 2080. The first-order valence-corrected chi connectivity index (χ1v) is 39.0. The van der Waals surface area contributed by atoms with Crippen LogP contribution in [-0.4, -0.2) is 82.3 Å². The van der Waals surface area contributed by atoms with Crippen molar-refractivity contribution in [1.29, 1.82) is 0 Å². The molecule has 95 heavy (non-hydrogen) atoms. The lowest BCUT2D eigenvalue weighted by Crippen LogP contribution is -2.44. The van der Waals surface area contributed by atoms with Crippen LogP contribution >= 0.6 is 0 Å². The second-order valence-electron chi connectivity index (χ2n) is 26.9. The predicted molar refractivity (Wildman–Crippen MR) is 407 cm³/mol. The standard InChI is InChI=1S/C86H145NO8/c1-6-8-10-12-14-16-18-20-22-24-26-28-30-32-34-36-38-40-42-44-46-48-50-52-54-56-58-60-62-64-66-68-70-72-74-76-83(88)93-80-82(81-94-86(85(90)91)92-79-78-87(3,4)5)95-84(89)77-75-73-71-69-67-65-63-61-59-57-55-53-51-49-47-45-43-41-39-37-35-33-31-29-27-25-23-21-19-17-15-13-11-9-7-2/h9,11,15,17-18,20-21,23-24,26-27,29,33,35,39,41,45,47,51,53,57,59,63,65,82,86H,6-8,10,12-14,16,19,22,25,28,30-32,34,36-38,40,42-44,46,48-50,52,54-56,58,60-62,64,66-81H2,1-5H3/b11-9-,17-15-,20-18-,23-21-,26-24-,29-27-,35-33-,41-39-,47-45-,53-51-,59-57-,65-63-. The first-order chi connectivity index (χ1) is 46.6. The van der Waals surface area contributed by atoms with Crippen LogP contribution in [0, 0.1) is 0 Å². The molecule has 0 rings (SSSR count). The SMILES string of the molecule is CC/C=C\C/C=C\C/C=C\C/C=C\C/C=C\C/C=C\C/C=C\C/C=C\C/C=C\C/C=C\CCCCCCC(=O)OC(COC(=O)CCCCCCCCCCCCCCCCCCCCCCCCC/C=C\C/C=C\CCCCCCC)COC(OCC[N+](C)(C)C)C(=O)[O-]. The van der Waals surface area contributed by atoms with Gasteiger partial charge in [0.15, 0.2) is 12.4 Å². The minimum absolute atomic E-state index is 0.136. The Labute approximate surface area is 585 Å². The molecular formula is C86H145NO8. The molecule has 0 aliphatic heterocycles. The lowest BCUT2D eigenvalue weighted by atomic mass is 10.0. The van der Waals surface area contributed by atoms with Crippen molar-refractivity contribution >= 4 is 17.9 Å². The Hall–Kier alpha value is -4.83. The summed E-state index contributed by atoms with van der Waals surface area (Å²) in [6, 6.07) is 0. The van der Waals surface area contributed by atoms with Crippen molar-refractivity contribution in [3.8, 4) is 0 Å². The number of likely N-dealkylation sites (N-methyl/N-ethyl adjacent to an activating group) is 1. The number of carbonyl (C=O) groups excluding carboxylic acids is 3. The summed E-state index contributed by atoms with van der Waals surface area (Å²) in [5, 5.41) is 11.9. The number of hydrogen-bond acceptors (Lipinski definition) is 8. The number of unbranched alkanes of at least 4 members (excludes halogenated alkanes) is 32. The zero-order valence-corrected chi connectivity index (χ0v) is 62.0. The molecule has 0 radical (unpaired) electrons. The zero-order valence-electron chi connectivity index (χ0n) is 62.0. The molecule has 0 aromatic rings. The van der Waals surface area contributed by atoms with Crippen molar-refractivity contribution in [2.75, 3.05) is 47.5 Å². The van der Waals surface area contributed by atoms with Gasteiger partial charge in [-0.3, -0.25) is 9.59 Å². The van der Waals surface area contributed by atoms with E-state index in [4.69, 9.17) is 18.9 Å². The second kappa shape index (κ2) is 75.0. The van der Waals surface area contributed by atoms with Gasteiger partial charge in [-0.05, 0) is 122 Å². The number of carboxylic acid groups (broad SMARTS) is 1. The van der Waals surface area contributed by atoms with Crippen molar-refractivity contribution in [2.45, 2.75) is 334 Å². The summed E-state index contributed by atoms with van der Waals surface area (Å²) in [6.45, 7) is 4.61. The Morgan fingerprint density at radius 3 is 0.895 bits per heavy atom. The fourth-order valence-corrected chi connectivity index (χ4v) is 10.7. The molecule has 0 bridgehead atoms. The molecule has 0 saturated heterocycles. The first kappa shape index (κ1) is 90.2. The van der Waals surface area contributed by atoms with E-state index in [9.17, 15) is 19.5 Å². The van der Waals surface area contributed by atoms with E-state index < -0.39 is 24.3 Å². The molecule has 0 spiro atoms. The third-order valence-corrected chi connectivity index (χ3v) is 16.6.